The van der Waals surface area contributed by atoms with E-state index in [0.29, 0.717) is 11.3 Å². The molecule has 0 saturated heterocycles. The number of halogens is 1. The van der Waals surface area contributed by atoms with Gasteiger partial charge in [-0.2, -0.15) is 0 Å². The molecule has 1 aromatic rings. The summed E-state index contributed by atoms with van der Waals surface area (Å²) in [6.45, 7) is 7.08. The van der Waals surface area contributed by atoms with Crippen LogP contribution in [0.1, 0.15) is 26.0 Å². The molecule has 1 aromatic heterocycles. The Hall–Kier alpha value is -0.510. The fourth-order valence-electron chi connectivity index (χ4n) is 1.26. The van der Waals surface area contributed by atoms with Crippen molar-refractivity contribution in [1.82, 2.24) is 10.6 Å². The van der Waals surface area contributed by atoms with Crippen LogP contribution < -0.4 is 10.6 Å². The maximum absolute atomic E-state index is 5.65. The highest BCUT2D eigenvalue weighted by atomic mass is 35.5. The number of nitrogens with one attached hydrogen (secondary N) is 2. The first-order chi connectivity index (χ1) is 7.18. The molecular weight excluding hydrogens is 212 g/mol. The molecule has 0 saturated carbocycles. The summed E-state index contributed by atoms with van der Waals surface area (Å²) >= 11 is 5.65. The van der Waals surface area contributed by atoms with Crippen LogP contribution in [0.5, 0.6) is 0 Å². The van der Waals surface area contributed by atoms with Crippen molar-refractivity contribution in [2.24, 2.45) is 0 Å². The van der Waals surface area contributed by atoms with Gasteiger partial charge in [-0.3, -0.25) is 0 Å². The van der Waals surface area contributed by atoms with Crippen molar-refractivity contribution in [3.05, 3.63) is 23.1 Å². The Morgan fingerprint density at radius 3 is 2.73 bits per heavy atom. The van der Waals surface area contributed by atoms with Gasteiger partial charge in [0.1, 0.15) is 5.76 Å². The number of hydrogen-bond donors (Lipinski definition) is 2. The lowest BCUT2D eigenvalue weighted by Crippen LogP contribution is -2.26. The first-order valence-corrected chi connectivity index (χ1v) is 5.74. The van der Waals surface area contributed by atoms with Crippen LogP contribution >= 0.6 is 11.6 Å². The second-order valence-corrected chi connectivity index (χ2v) is 4.22. The summed E-state index contributed by atoms with van der Waals surface area (Å²) in [6.07, 6.45) is 1.12. The van der Waals surface area contributed by atoms with Crippen molar-refractivity contribution in [3.63, 3.8) is 0 Å². The first-order valence-electron chi connectivity index (χ1n) is 5.37. The molecular formula is C11H19ClN2O. The van der Waals surface area contributed by atoms with Gasteiger partial charge in [-0.05, 0) is 43.2 Å². The van der Waals surface area contributed by atoms with E-state index >= 15 is 0 Å². The Balaban J connectivity index is 1.98. The molecule has 0 spiro atoms. The van der Waals surface area contributed by atoms with Gasteiger partial charge in [0, 0.05) is 6.04 Å². The highest BCUT2D eigenvalue weighted by Crippen LogP contribution is 2.12. The zero-order valence-electron chi connectivity index (χ0n) is 9.35. The fourth-order valence-corrected chi connectivity index (χ4v) is 1.42. The lowest BCUT2D eigenvalue weighted by molar-refractivity contribution is 0.476. The third-order valence-electron chi connectivity index (χ3n) is 2.01. The number of hydrogen-bond acceptors (Lipinski definition) is 3. The van der Waals surface area contributed by atoms with E-state index in [2.05, 4.69) is 24.5 Å². The summed E-state index contributed by atoms with van der Waals surface area (Å²) in [7, 11) is 0. The van der Waals surface area contributed by atoms with Crippen molar-refractivity contribution < 1.29 is 4.42 Å². The van der Waals surface area contributed by atoms with Crippen molar-refractivity contribution >= 4 is 11.6 Å². The van der Waals surface area contributed by atoms with E-state index in [1.807, 2.05) is 6.07 Å². The third kappa shape index (κ3) is 5.82. The fraction of sp³-hybridized carbons (Fsp3) is 0.636. The molecule has 0 aliphatic rings. The molecule has 0 unspecified atom stereocenters. The Morgan fingerprint density at radius 1 is 1.33 bits per heavy atom. The maximum Gasteiger partial charge on any atom is 0.193 e. The Kier molecular flexibility index (Phi) is 5.76. The standard InChI is InChI=1S/C11H19ClN2O/c1-9(2)14-7-3-6-13-8-10-4-5-11(12)15-10/h4-5,9,13-14H,3,6-8H2,1-2H3. The van der Waals surface area contributed by atoms with Crippen LogP contribution in [0.2, 0.25) is 5.22 Å². The summed E-state index contributed by atoms with van der Waals surface area (Å²) in [4.78, 5) is 0. The molecule has 0 bridgehead atoms. The van der Waals surface area contributed by atoms with E-state index in [9.17, 15) is 0 Å². The van der Waals surface area contributed by atoms with Crippen LogP contribution in [0, 0.1) is 0 Å². The van der Waals surface area contributed by atoms with Crippen LogP contribution in [-0.4, -0.2) is 19.1 Å². The SMILES string of the molecule is CC(C)NCCCNCc1ccc(Cl)o1. The molecule has 0 aliphatic heterocycles. The van der Waals surface area contributed by atoms with Crippen LogP contribution in [0.4, 0.5) is 0 Å². The van der Waals surface area contributed by atoms with Crippen molar-refractivity contribution in [2.75, 3.05) is 13.1 Å². The normalized spacial score (nSPS) is 11.2. The lowest BCUT2D eigenvalue weighted by Gasteiger charge is -2.07. The second-order valence-electron chi connectivity index (χ2n) is 3.84. The molecule has 0 fully saturated rings. The van der Waals surface area contributed by atoms with Gasteiger partial charge in [-0.15, -0.1) is 0 Å². The van der Waals surface area contributed by atoms with Gasteiger partial charge in [0.05, 0.1) is 6.54 Å². The van der Waals surface area contributed by atoms with Crippen LogP contribution in [0.15, 0.2) is 16.5 Å². The summed E-state index contributed by atoms with van der Waals surface area (Å²) < 4.78 is 5.22. The molecule has 0 aromatic carbocycles. The molecule has 0 aliphatic carbocycles. The molecule has 0 radical (unpaired) electrons. The van der Waals surface area contributed by atoms with E-state index < -0.39 is 0 Å². The lowest BCUT2D eigenvalue weighted by atomic mass is 10.3. The summed E-state index contributed by atoms with van der Waals surface area (Å²) in [5, 5.41) is 7.11. The van der Waals surface area contributed by atoms with Crippen LogP contribution in [0.25, 0.3) is 0 Å². The topological polar surface area (TPSA) is 37.2 Å². The highest BCUT2D eigenvalue weighted by Gasteiger charge is 1.98. The summed E-state index contributed by atoms with van der Waals surface area (Å²) in [5.41, 5.74) is 0. The third-order valence-corrected chi connectivity index (χ3v) is 2.21. The Morgan fingerprint density at radius 2 is 2.13 bits per heavy atom. The number of furan rings is 1. The van der Waals surface area contributed by atoms with Crippen LogP contribution in [0.3, 0.4) is 0 Å². The van der Waals surface area contributed by atoms with Gasteiger partial charge in [-0.25, -0.2) is 0 Å². The molecule has 0 amide bonds. The molecule has 1 rings (SSSR count). The van der Waals surface area contributed by atoms with Crippen LogP contribution in [-0.2, 0) is 6.54 Å². The first kappa shape index (κ1) is 12.6. The van der Waals surface area contributed by atoms with Gasteiger partial charge in [0.2, 0.25) is 0 Å². The van der Waals surface area contributed by atoms with Crippen molar-refractivity contribution in [3.8, 4) is 0 Å². The zero-order chi connectivity index (χ0) is 11.1. The minimum atomic E-state index is 0.452. The minimum absolute atomic E-state index is 0.452. The highest BCUT2D eigenvalue weighted by molar-refractivity contribution is 6.28. The monoisotopic (exact) mass is 230 g/mol. The number of rotatable bonds is 7. The largest absolute Gasteiger partial charge is 0.448 e. The van der Waals surface area contributed by atoms with Crippen molar-refractivity contribution in [2.45, 2.75) is 32.9 Å². The maximum atomic E-state index is 5.65. The average Bonchev–Trinajstić information content (AvgIpc) is 2.57. The summed E-state index contributed by atoms with van der Waals surface area (Å²) in [5.74, 6) is 0.886. The summed E-state index contributed by atoms with van der Waals surface area (Å²) in [6, 6.07) is 4.22. The van der Waals surface area contributed by atoms with E-state index in [1.165, 1.54) is 0 Å². The minimum Gasteiger partial charge on any atom is -0.448 e. The second kappa shape index (κ2) is 6.88. The average molecular weight is 231 g/mol. The van der Waals surface area contributed by atoms with E-state index in [0.717, 1.165) is 31.8 Å². The van der Waals surface area contributed by atoms with Gasteiger partial charge in [0.15, 0.2) is 5.22 Å². The van der Waals surface area contributed by atoms with Gasteiger partial charge in [0.25, 0.3) is 0 Å². The molecule has 0 atom stereocenters. The molecule has 3 nitrogen and oxygen atoms in total. The molecule has 1 heterocycles. The predicted octanol–water partition coefficient (Wildman–Crippen LogP) is 2.41. The van der Waals surface area contributed by atoms with Gasteiger partial charge < -0.3 is 15.1 Å². The van der Waals surface area contributed by atoms with E-state index in [1.54, 1.807) is 6.07 Å². The molecule has 2 N–H and O–H groups in total. The molecule has 86 valence electrons. The molecule has 4 heteroatoms. The predicted molar refractivity (Wildman–Crippen MR) is 63.2 cm³/mol. The Bertz CT molecular complexity index is 273. The van der Waals surface area contributed by atoms with Gasteiger partial charge >= 0.3 is 0 Å². The zero-order valence-corrected chi connectivity index (χ0v) is 10.1. The van der Waals surface area contributed by atoms with E-state index in [4.69, 9.17) is 16.0 Å². The smallest absolute Gasteiger partial charge is 0.193 e. The quantitative estimate of drug-likeness (QED) is 0.707. The molecule has 15 heavy (non-hydrogen) atoms. The van der Waals surface area contributed by atoms with Crippen molar-refractivity contribution in [1.29, 1.82) is 0 Å². The van der Waals surface area contributed by atoms with E-state index in [-0.39, 0.29) is 0 Å². The van der Waals surface area contributed by atoms with Gasteiger partial charge in [-0.1, -0.05) is 13.8 Å². The Labute approximate surface area is 96.2 Å².